The number of rotatable bonds is 10. The molecule has 1 aliphatic carbocycles. The van der Waals surface area contributed by atoms with Crippen molar-refractivity contribution < 1.29 is 63.6 Å². The number of fused-ring (bicyclic) bond motifs is 1. The molecular formula is C32H36O14. The van der Waals surface area contributed by atoms with Gasteiger partial charge in [0.05, 0.1) is 31.3 Å². The van der Waals surface area contributed by atoms with Crippen molar-refractivity contribution in [3.05, 3.63) is 64.0 Å². The Morgan fingerprint density at radius 1 is 1.07 bits per heavy atom. The van der Waals surface area contributed by atoms with Gasteiger partial charge in [-0.1, -0.05) is 6.07 Å². The average molecular weight is 645 g/mol. The van der Waals surface area contributed by atoms with Gasteiger partial charge in [0.2, 0.25) is 0 Å². The molecule has 0 spiro atoms. The van der Waals surface area contributed by atoms with Crippen molar-refractivity contribution in [2.45, 2.75) is 68.7 Å². The van der Waals surface area contributed by atoms with Crippen LogP contribution in [0.15, 0.2) is 51.7 Å². The summed E-state index contributed by atoms with van der Waals surface area (Å²) in [6, 6.07) is 7.93. The summed E-state index contributed by atoms with van der Waals surface area (Å²) in [6.07, 6.45) is -5.53. The van der Waals surface area contributed by atoms with E-state index in [9.17, 15) is 45.0 Å². The molecule has 4 rings (SSSR count). The molecule has 14 heteroatoms. The van der Waals surface area contributed by atoms with E-state index in [0.29, 0.717) is 16.5 Å². The fraction of sp³-hybridized carbons (Fsp3) is 0.406. The number of esters is 2. The van der Waals surface area contributed by atoms with Crippen molar-refractivity contribution in [3.63, 3.8) is 0 Å². The Morgan fingerprint density at radius 3 is 2.41 bits per heavy atom. The van der Waals surface area contributed by atoms with Crippen molar-refractivity contribution in [2.24, 2.45) is 0 Å². The molecule has 0 amide bonds. The Balaban J connectivity index is 1.56. The summed E-state index contributed by atoms with van der Waals surface area (Å²) >= 11 is 0. The molecule has 2 aromatic carbocycles. The maximum Gasteiger partial charge on any atom is 0.338 e. The van der Waals surface area contributed by atoms with Crippen molar-refractivity contribution in [1.82, 2.24) is 0 Å². The molecule has 0 radical (unpaired) electrons. The molecular weight excluding hydrogens is 608 g/mol. The number of phenols is 2. The molecule has 0 saturated heterocycles. The fourth-order valence-corrected chi connectivity index (χ4v) is 5.20. The Hall–Kier alpha value is -4.63. The second-order valence-electron chi connectivity index (χ2n) is 11.6. The number of aliphatic hydroxyl groups is 4. The molecule has 1 aromatic heterocycles. The Labute approximate surface area is 262 Å². The Morgan fingerprint density at radius 2 is 1.78 bits per heavy atom. The summed E-state index contributed by atoms with van der Waals surface area (Å²) in [4.78, 5) is 37.8. The molecule has 1 heterocycles. The van der Waals surface area contributed by atoms with E-state index in [1.54, 1.807) is 0 Å². The lowest BCUT2D eigenvalue weighted by atomic mass is 9.79. The van der Waals surface area contributed by atoms with Crippen LogP contribution in [0.1, 0.15) is 37.8 Å². The number of phenolic OH excluding ortho intramolecular Hbond substituents is 2. The first-order chi connectivity index (χ1) is 21.6. The zero-order valence-corrected chi connectivity index (χ0v) is 25.5. The molecule has 1 aliphatic rings. The Kier molecular flexibility index (Phi) is 9.97. The van der Waals surface area contributed by atoms with Gasteiger partial charge in [-0.25, -0.2) is 14.4 Å². The first-order valence-electron chi connectivity index (χ1n) is 14.2. The third-order valence-corrected chi connectivity index (χ3v) is 7.71. The van der Waals surface area contributed by atoms with Crippen molar-refractivity contribution in [3.8, 4) is 23.0 Å². The zero-order chi connectivity index (χ0) is 34.0. The van der Waals surface area contributed by atoms with Crippen LogP contribution in [0.5, 0.6) is 23.0 Å². The van der Waals surface area contributed by atoms with Gasteiger partial charge in [-0.3, -0.25) is 0 Å². The van der Waals surface area contributed by atoms with E-state index < -0.39 is 71.8 Å². The molecule has 1 saturated carbocycles. The standard InChI is InChI=1S/C32H36O14/c1-31(2,40)25(12-18-22(42-3)13-23-17(29(18)43-4)7-10-27(37)44-23)46-30(39)32(41)14-21(35)28(38)24(15-32)45-26(36)9-6-16-5-8-19(33)20(34)11-16/h5-11,13,21,24-25,28,33-35,38,40-41H,12,14-15H2,1-4H3/b9-6+/t21-,24-,25+,28-,32+/m1/s1. The summed E-state index contributed by atoms with van der Waals surface area (Å²) in [7, 11) is 2.73. The van der Waals surface area contributed by atoms with E-state index in [1.807, 2.05) is 0 Å². The first-order valence-corrected chi connectivity index (χ1v) is 14.2. The second kappa shape index (κ2) is 13.4. The van der Waals surface area contributed by atoms with Gasteiger partial charge in [0.15, 0.2) is 17.1 Å². The number of hydrogen-bond acceptors (Lipinski definition) is 14. The molecule has 0 bridgehead atoms. The summed E-state index contributed by atoms with van der Waals surface area (Å²) in [5.41, 5.74) is -3.90. The molecule has 14 nitrogen and oxygen atoms in total. The number of aliphatic hydroxyl groups excluding tert-OH is 2. The van der Waals surface area contributed by atoms with Gasteiger partial charge in [0, 0.05) is 43.0 Å². The van der Waals surface area contributed by atoms with Gasteiger partial charge >= 0.3 is 17.6 Å². The minimum Gasteiger partial charge on any atom is -0.504 e. The SMILES string of the molecule is COc1cc2oc(=O)ccc2c(OC)c1C[C@H](OC(=O)[C@]1(O)C[C@@H](O)[C@@H](O)[C@H](OC(=O)/C=C/c2ccc(O)c(O)c2)C1)C(C)(C)O. The maximum atomic E-state index is 13.5. The van der Waals surface area contributed by atoms with Crippen LogP contribution in [-0.4, -0.2) is 92.4 Å². The summed E-state index contributed by atoms with van der Waals surface area (Å²) in [5, 5.41) is 62.8. The van der Waals surface area contributed by atoms with Gasteiger partial charge in [-0.15, -0.1) is 0 Å². The minimum absolute atomic E-state index is 0.169. The van der Waals surface area contributed by atoms with Crippen LogP contribution in [0.3, 0.4) is 0 Å². The maximum absolute atomic E-state index is 13.5. The lowest BCUT2D eigenvalue weighted by molar-refractivity contribution is -0.209. The summed E-state index contributed by atoms with van der Waals surface area (Å²) in [6.45, 7) is 2.75. The predicted molar refractivity (Wildman–Crippen MR) is 160 cm³/mol. The van der Waals surface area contributed by atoms with Gasteiger partial charge in [-0.05, 0) is 43.7 Å². The van der Waals surface area contributed by atoms with E-state index in [0.717, 1.165) is 6.08 Å². The lowest BCUT2D eigenvalue weighted by Crippen LogP contribution is -2.58. The number of carbonyl (C=O) groups excluding carboxylic acids is 2. The predicted octanol–water partition coefficient (Wildman–Crippen LogP) is 1.32. The van der Waals surface area contributed by atoms with E-state index in [-0.39, 0.29) is 29.3 Å². The van der Waals surface area contributed by atoms with Gasteiger partial charge in [0.1, 0.15) is 35.4 Å². The smallest absolute Gasteiger partial charge is 0.338 e. The quantitative estimate of drug-likeness (QED) is 0.0793. The number of benzene rings is 2. The van der Waals surface area contributed by atoms with Crippen molar-refractivity contribution in [1.29, 1.82) is 0 Å². The highest BCUT2D eigenvalue weighted by Gasteiger charge is 2.52. The molecule has 248 valence electrons. The molecule has 0 aliphatic heterocycles. The number of hydrogen-bond donors (Lipinski definition) is 6. The average Bonchev–Trinajstić information content (AvgIpc) is 2.98. The van der Waals surface area contributed by atoms with E-state index in [2.05, 4.69) is 0 Å². The highest BCUT2D eigenvalue weighted by Crippen LogP contribution is 2.39. The number of aromatic hydroxyl groups is 2. The number of ether oxygens (including phenoxy) is 4. The van der Waals surface area contributed by atoms with E-state index in [4.69, 9.17) is 23.4 Å². The van der Waals surface area contributed by atoms with E-state index in [1.165, 1.54) is 70.5 Å². The van der Waals surface area contributed by atoms with Crippen molar-refractivity contribution in [2.75, 3.05) is 14.2 Å². The minimum atomic E-state index is -2.44. The van der Waals surface area contributed by atoms with Crippen LogP contribution < -0.4 is 15.1 Å². The monoisotopic (exact) mass is 644 g/mol. The third kappa shape index (κ3) is 7.42. The van der Waals surface area contributed by atoms with Gasteiger partial charge in [0.25, 0.3) is 0 Å². The molecule has 5 atom stereocenters. The van der Waals surface area contributed by atoms with Crippen LogP contribution in [0.4, 0.5) is 0 Å². The normalized spacial score (nSPS) is 22.4. The fourth-order valence-electron chi connectivity index (χ4n) is 5.20. The van der Waals surface area contributed by atoms with Crippen LogP contribution in [0.2, 0.25) is 0 Å². The van der Waals surface area contributed by atoms with Crippen LogP contribution in [-0.2, 0) is 25.5 Å². The van der Waals surface area contributed by atoms with Crippen LogP contribution in [0.25, 0.3) is 17.0 Å². The van der Waals surface area contributed by atoms with E-state index >= 15 is 0 Å². The number of methoxy groups -OCH3 is 2. The molecule has 46 heavy (non-hydrogen) atoms. The summed E-state index contributed by atoms with van der Waals surface area (Å²) < 4.78 is 27.2. The topological polar surface area (TPSA) is 223 Å². The van der Waals surface area contributed by atoms with Crippen molar-refractivity contribution >= 4 is 29.0 Å². The van der Waals surface area contributed by atoms with Crippen LogP contribution >= 0.6 is 0 Å². The van der Waals surface area contributed by atoms with Gasteiger partial charge < -0.3 is 54.0 Å². The molecule has 3 aromatic rings. The molecule has 6 N–H and O–H groups in total. The highest BCUT2D eigenvalue weighted by atomic mass is 16.6. The molecule has 0 unspecified atom stereocenters. The van der Waals surface area contributed by atoms with Crippen LogP contribution in [0, 0.1) is 0 Å². The second-order valence-corrected chi connectivity index (χ2v) is 11.6. The summed E-state index contributed by atoms with van der Waals surface area (Å²) in [5.74, 6) is -2.61. The first kappa shape index (κ1) is 34.2. The number of carbonyl (C=O) groups is 2. The lowest BCUT2D eigenvalue weighted by Gasteiger charge is -2.41. The van der Waals surface area contributed by atoms with Gasteiger partial charge in [-0.2, -0.15) is 0 Å². The highest BCUT2D eigenvalue weighted by molar-refractivity contribution is 5.88. The third-order valence-electron chi connectivity index (χ3n) is 7.71. The zero-order valence-electron chi connectivity index (χ0n) is 25.5. The largest absolute Gasteiger partial charge is 0.504 e. The Bertz CT molecular complexity index is 1690. The molecule has 1 fully saturated rings.